The molecule has 1 aliphatic heterocycles. The van der Waals surface area contributed by atoms with Crippen molar-refractivity contribution in [1.29, 1.82) is 0 Å². The van der Waals surface area contributed by atoms with Crippen LogP contribution in [-0.2, 0) is 19.5 Å². The van der Waals surface area contributed by atoms with Gasteiger partial charge in [-0.15, -0.1) is 0 Å². The molecule has 3 aromatic rings. The molecule has 2 heterocycles. The standard InChI is InChI=1S/C21H19ClFNO3/c1-2-3-14-8-19(25)27-20-16(14)9-18(22)21-17(20)11-24(12-26-21)10-13-4-6-15(23)7-5-13/h4-9H,2-3,10-12H2,1H3. The molecule has 2 aromatic carbocycles. The first-order chi connectivity index (χ1) is 13.0. The molecule has 4 rings (SSSR count). The lowest BCUT2D eigenvalue weighted by atomic mass is 10.0. The highest BCUT2D eigenvalue weighted by atomic mass is 35.5. The minimum Gasteiger partial charge on any atom is -0.476 e. The van der Waals surface area contributed by atoms with E-state index in [1.54, 1.807) is 12.1 Å². The van der Waals surface area contributed by atoms with Gasteiger partial charge >= 0.3 is 5.63 Å². The molecule has 27 heavy (non-hydrogen) atoms. The molecule has 0 aliphatic carbocycles. The van der Waals surface area contributed by atoms with Gasteiger partial charge in [0.1, 0.15) is 23.9 Å². The van der Waals surface area contributed by atoms with Crippen LogP contribution in [0.15, 0.2) is 45.6 Å². The molecule has 0 atom stereocenters. The van der Waals surface area contributed by atoms with Crippen molar-refractivity contribution in [1.82, 2.24) is 4.90 Å². The lowest BCUT2D eigenvalue weighted by molar-refractivity contribution is 0.0890. The van der Waals surface area contributed by atoms with Gasteiger partial charge in [0.25, 0.3) is 0 Å². The molecule has 140 valence electrons. The fraction of sp³-hybridized carbons (Fsp3) is 0.286. The Kier molecular flexibility index (Phi) is 4.89. The quantitative estimate of drug-likeness (QED) is 0.598. The van der Waals surface area contributed by atoms with Crippen molar-refractivity contribution >= 4 is 22.6 Å². The summed E-state index contributed by atoms with van der Waals surface area (Å²) in [4.78, 5) is 14.1. The molecular weight excluding hydrogens is 369 g/mol. The van der Waals surface area contributed by atoms with E-state index >= 15 is 0 Å². The van der Waals surface area contributed by atoms with E-state index in [2.05, 4.69) is 11.8 Å². The lowest BCUT2D eigenvalue weighted by Crippen LogP contribution is -2.32. The van der Waals surface area contributed by atoms with Crippen molar-refractivity contribution < 1.29 is 13.5 Å². The van der Waals surface area contributed by atoms with Gasteiger partial charge in [0, 0.05) is 24.5 Å². The van der Waals surface area contributed by atoms with Crippen LogP contribution in [0.1, 0.15) is 30.0 Å². The van der Waals surface area contributed by atoms with Gasteiger partial charge in [0.2, 0.25) is 0 Å². The van der Waals surface area contributed by atoms with Gasteiger partial charge in [-0.1, -0.05) is 37.1 Å². The highest BCUT2D eigenvalue weighted by Crippen LogP contribution is 2.39. The van der Waals surface area contributed by atoms with Crippen LogP contribution < -0.4 is 10.4 Å². The van der Waals surface area contributed by atoms with E-state index < -0.39 is 0 Å². The number of rotatable bonds is 4. The summed E-state index contributed by atoms with van der Waals surface area (Å²) in [5, 5.41) is 1.37. The molecule has 0 saturated heterocycles. The fourth-order valence-electron chi connectivity index (χ4n) is 3.52. The van der Waals surface area contributed by atoms with Gasteiger partial charge in [0.15, 0.2) is 0 Å². The molecule has 0 radical (unpaired) electrons. The molecule has 0 fully saturated rings. The number of fused-ring (bicyclic) bond motifs is 3. The summed E-state index contributed by atoms with van der Waals surface area (Å²) in [6, 6.07) is 9.74. The Bertz CT molecular complexity index is 1050. The molecular formula is C21H19ClFNO3. The number of hydrogen-bond donors (Lipinski definition) is 0. The average molecular weight is 388 g/mol. The van der Waals surface area contributed by atoms with Crippen LogP contribution in [0.2, 0.25) is 5.02 Å². The van der Waals surface area contributed by atoms with Crippen LogP contribution >= 0.6 is 11.6 Å². The summed E-state index contributed by atoms with van der Waals surface area (Å²) in [6.07, 6.45) is 1.69. The monoisotopic (exact) mass is 387 g/mol. The Morgan fingerprint density at radius 2 is 2.00 bits per heavy atom. The number of halogens is 2. The molecule has 0 saturated carbocycles. The SMILES string of the molecule is CCCc1cc(=O)oc2c3c(c(Cl)cc12)OCN(Cc1ccc(F)cc1)C3. The van der Waals surface area contributed by atoms with E-state index in [1.165, 1.54) is 18.2 Å². The molecule has 4 nitrogen and oxygen atoms in total. The van der Waals surface area contributed by atoms with Gasteiger partial charge in [-0.25, -0.2) is 9.18 Å². The Hall–Kier alpha value is -2.37. The first-order valence-corrected chi connectivity index (χ1v) is 9.30. The normalized spacial score (nSPS) is 14.2. The third-order valence-electron chi connectivity index (χ3n) is 4.73. The van der Waals surface area contributed by atoms with E-state index in [4.69, 9.17) is 20.8 Å². The summed E-state index contributed by atoms with van der Waals surface area (Å²) >= 11 is 6.45. The average Bonchev–Trinajstić information content (AvgIpc) is 2.65. The number of aryl methyl sites for hydroxylation is 1. The molecule has 1 aromatic heterocycles. The number of ether oxygens (including phenoxy) is 1. The maximum absolute atomic E-state index is 13.1. The Balaban J connectivity index is 1.74. The first kappa shape index (κ1) is 18.0. The second-order valence-electron chi connectivity index (χ2n) is 6.77. The molecule has 0 bridgehead atoms. The van der Waals surface area contributed by atoms with Crippen molar-refractivity contribution in [2.45, 2.75) is 32.9 Å². The van der Waals surface area contributed by atoms with Gasteiger partial charge in [-0.3, -0.25) is 4.90 Å². The summed E-state index contributed by atoms with van der Waals surface area (Å²) in [6.45, 7) is 3.54. The zero-order chi connectivity index (χ0) is 19.0. The zero-order valence-electron chi connectivity index (χ0n) is 14.9. The third kappa shape index (κ3) is 3.57. The summed E-state index contributed by atoms with van der Waals surface area (Å²) in [5.41, 5.74) is 2.85. The van der Waals surface area contributed by atoms with Crippen LogP contribution in [0.5, 0.6) is 5.75 Å². The van der Waals surface area contributed by atoms with Crippen molar-refractivity contribution in [3.8, 4) is 5.75 Å². The third-order valence-corrected chi connectivity index (χ3v) is 5.01. The van der Waals surface area contributed by atoms with Gasteiger partial charge in [-0.05, 0) is 35.7 Å². The van der Waals surface area contributed by atoms with Crippen molar-refractivity contribution in [3.05, 3.63) is 74.3 Å². The first-order valence-electron chi connectivity index (χ1n) is 8.93. The topological polar surface area (TPSA) is 42.7 Å². The van der Waals surface area contributed by atoms with E-state index in [1.807, 2.05) is 6.07 Å². The van der Waals surface area contributed by atoms with E-state index in [0.717, 1.165) is 34.9 Å². The number of hydrogen-bond acceptors (Lipinski definition) is 4. The van der Waals surface area contributed by atoms with Gasteiger partial charge in [0.05, 0.1) is 10.6 Å². The summed E-state index contributed by atoms with van der Waals surface area (Å²) in [5.74, 6) is 0.304. The molecule has 1 aliphatic rings. The van der Waals surface area contributed by atoms with Crippen LogP contribution in [0.3, 0.4) is 0 Å². The van der Waals surface area contributed by atoms with Crippen molar-refractivity contribution in [2.75, 3.05) is 6.73 Å². The predicted molar refractivity (Wildman–Crippen MR) is 103 cm³/mol. The Labute approximate surface area is 161 Å². The van der Waals surface area contributed by atoms with E-state index in [0.29, 0.717) is 36.2 Å². The molecule has 0 spiro atoms. The summed E-state index contributed by atoms with van der Waals surface area (Å²) in [7, 11) is 0. The minimum absolute atomic E-state index is 0.262. The van der Waals surface area contributed by atoms with Crippen molar-refractivity contribution in [2.24, 2.45) is 0 Å². The molecule has 6 heteroatoms. The van der Waals surface area contributed by atoms with E-state index in [9.17, 15) is 9.18 Å². The molecule has 0 amide bonds. The van der Waals surface area contributed by atoms with Crippen LogP contribution in [-0.4, -0.2) is 11.6 Å². The minimum atomic E-state index is -0.369. The highest BCUT2D eigenvalue weighted by Gasteiger charge is 2.25. The zero-order valence-corrected chi connectivity index (χ0v) is 15.7. The number of nitrogens with zero attached hydrogens (tertiary/aromatic N) is 1. The maximum atomic E-state index is 13.1. The number of benzene rings is 2. The lowest BCUT2D eigenvalue weighted by Gasteiger charge is -2.30. The maximum Gasteiger partial charge on any atom is 0.336 e. The second-order valence-corrected chi connectivity index (χ2v) is 7.18. The van der Waals surface area contributed by atoms with Crippen LogP contribution in [0.4, 0.5) is 4.39 Å². The predicted octanol–water partition coefficient (Wildman–Crippen LogP) is 4.89. The summed E-state index contributed by atoms with van der Waals surface area (Å²) < 4.78 is 24.5. The second kappa shape index (κ2) is 7.33. The smallest absolute Gasteiger partial charge is 0.336 e. The molecule has 0 unspecified atom stereocenters. The fourth-order valence-corrected chi connectivity index (χ4v) is 3.80. The van der Waals surface area contributed by atoms with Gasteiger partial charge in [-0.2, -0.15) is 0 Å². The van der Waals surface area contributed by atoms with Crippen LogP contribution in [0.25, 0.3) is 11.0 Å². The molecule has 0 N–H and O–H groups in total. The Morgan fingerprint density at radius 1 is 1.22 bits per heavy atom. The van der Waals surface area contributed by atoms with E-state index in [-0.39, 0.29) is 11.4 Å². The van der Waals surface area contributed by atoms with Crippen LogP contribution in [0, 0.1) is 5.82 Å². The Morgan fingerprint density at radius 3 is 2.74 bits per heavy atom. The largest absolute Gasteiger partial charge is 0.476 e. The van der Waals surface area contributed by atoms with Gasteiger partial charge < -0.3 is 9.15 Å². The van der Waals surface area contributed by atoms with Crippen molar-refractivity contribution in [3.63, 3.8) is 0 Å². The highest BCUT2D eigenvalue weighted by molar-refractivity contribution is 6.33.